The average Bonchev–Trinajstić information content (AvgIpc) is 2.57. The smallest absolute Gasteiger partial charge is 0.338 e. The molecule has 0 radical (unpaired) electrons. The third kappa shape index (κ3) is 3.70. The van der Waals surface area contributed by atoms with E-state index in [2.05, 4.69) is 29.2 Å². The van der Waals surface area contributed by atoms with E-state index in [-0.39, 0.29) is 5.56 Å². The van der Waals surface area contributed by atoms with Crippen LogP contribution in [0.4, 0.5) is 10.1 Å². The fourth-order valence-corrected chi connectivity index (χ4v) is 3.22. The quantitative estimate of drug-likeness (QED) is 0.928. The van der Waals surface area contributed by atoms with E-state index in [4.69, 9.17) is 5.11 Å². The Balaban J connectivity index is 1.63. The molecule has 1 aliphatic rings. The van der Waals surface area contributed by atoms with E-state index >= 15 is 0 Å². The molecule has 0 saturated carbocycles. The maximum atomic E-state index is 13.5. The molecule has 0 unspecified atom stereocenters. The molecule has 1 saturated heterocycles. The van der Waals surface area contributed by atoms with Crippen molar-refractivity contribution in [3.8, 4) is 0 Å². The molecule has 0 bridgehead atoms. The number of carboxylic acid groups (broad SMARTS) is 1. The van der Waals surface area contributed by atoms with Crippen molar-refractivity contribution in [3.63, 3.8) is 0 Å². The van der Waals surface area contributed by atoms with Crippen molar-refractivity contribution >= 4 is 11.7 Å². The number of carboxylic acids is 1. The van der Waals surface area contributed by atoms with Crippen LogP contribution in [0.5, 0.6) is 0 Å². The minimum atomic E-state index is -1.22. The number of rotatable bonds is 4. The van der Waals surface area contributed by atoms with Gasteiger partial charge in [0.1, 0.15) is 5.82 Å². The summed E-state index contributed by atoms with van der Waals surface area (Å²) in [5.41, 5.74) is 1.90. The number of aromatic carboxylic acids is 1. The van der Waals surface area contributed by atoms with Crippen LogP contribution in [0.25, 0.3) is 0 Å². The topological polar surface area (TPSA) is 40.5 Å². The number of hydrogen-bond donors (Lipinski definition) is 1. The highest BCUT2D eigenvalue weighted by Gasteiger charge is 2.21. The zero-order valence-electron chi connectivity index (χ0n) is 12.9. The molecule has 0 aromatic heterocycles. The summed E-state index contributed by atoms with van der Waals surface area (Å²) in [6.07, 6.45) is 3.21. The molecule has 120 valence electrons. The monoisotopic (exact) mass is 313 g/mol. The zero-order valence-corrected chi connectivity index (χ0v) is 12.9. The van der Waals surface area contributed by atoms with E-state index in [9.17, 15) is 9.18 Å². The molecule has 0 spiro atoms. The van der Waals surface area contributed by atoms with Crippen LogP contribution in [0.2, 0.25) is 0 Å². The molecular weight excluding hydrogens is 293 g/mol. The number of hydrogen-bond acceptors (Lipinski definition) is 2. The number of anilines is 1. The number of piperidine rings is 1. The van der Waals surface area contributed by atoms with E-state index in [1.807, 2.05) is 6.07 Å². The molecule has 3 nitrogen and oxygen atoms in total. The second kappa shape index (κ2) is 6.82. The Morgan fingerprint density at radius 1 is 1.13 bits per heavy atom. The summed E-state index contributed by atoms with van der Waals surface area (Å²) in [5, 5.41) is 9.04. The van der Waals surface area contributed by atoms with Crippen molar-refractivity contribution in [3.05, 3.63) is 65.5 Å². The van der Waals surface area contributed by atoms with Gasteiger partial charge in [0.15, 0.2) is 0 Å². The highest BCUT2D eigenvalue weighted by molar-refractivity contribution is 5.89. The summed E-state index contributed by atoms with van der Waals surface area (Å²) in [5.74, 6) is -1.25. The van der Waals surface area contributed by atoms with Crippen LogP contribution in [0.1, 0.15) is 28.8 Å². The molecule has 1 aliphatic heterocycles. The zero-order chi connectivity index (χ0) is 16.2. The Bertz CT molecular complexity index is 679. The first-order valence-corrected chi connectivity index (χ1v) is 7.95. The van der Waals surface area contributed by atoms with E-state index < -0.39 is 11.8 Å². The molecule has 2 aromatic carbocycles. The van der Waals surface area contributed by atoms with E-state index in [0.717, 1.165) is 38.0 Å². The fourth-order valence-electron chi connectivity index (χ4n) is 3.22. The summed E-state index contributed by atoms with van der Waals surface area (Å²) >= 11 is 0. The predicted molar refractivity (Wildman–Crippen MR) is 88.4 cm³/mol. The van der Waals surface area contributed by atoms with Crippen LogP contribution in [0, 0.1) is 11.7 Å². The second-order valence-corrected chi connectivity index (χ2v) is 6.09. The fraction of sp³-hybridized carbons (Fsp3) is 0.316. The normalized spacial score (nSPS) is 15.6. The summed E-state index contributed by atoms with van der Waals surface area (Å²) in [4.78, 5) is 13.2. The van der Waals surface area contributed by atoms with Gasteiger partial charge in [-0.05, 0) is 48.9 Å². The lowest BCUT2D eigenvalue weighted by atomic mass is 9.90. The summed E-state index contributed by atoms with van der Waals surface area (Å²) in [6.45, 7) is 1.75. The molecule has 0 aliphatic carbocycles. The van der Waals surface area contributed by atoms with Crippen molar-refractivity contribution in [1.29, 1.82) is 0 Å². The Labute approximate surface area is 135 Å². The van der Waals surface area contributed by atoms with Crippen molar-refractivity contribution in [1.82, 2.24) is 0 Å². The molecule has 23 heavy (non-hydrogen) atoms. The third-order valence-electron chi connectivity index (χ3n) is 4.53. The molecule has 0 atom stereocenters. The van der Waals surface area contributed by atoms with Gasteiger partial charge in [0.25, 0.3) is 0 Å². The van der Waals surface area contributed by atoms with E-state index in [1.165, 1.54) is 17.7 Å². The molecular formula is C19H20FNO2. The minimum absolute atomic E-state index is 0.256. The first-order chi connectivity index (χ1) is 11.1. The van der Waals surface area contributed by atoms with Gasteiger partial charge in [-0.2, -0.15) is 0 Å². The third-order valence-corrected chi connectivity index (χ3v) is 4.53. The van der Waals surface area contributed by atoms with E-state index in [0.29, 0.717) is 5.92 Å². The van der Waals surface area contributed by atoms with Gasteiger partial charge in [0.05, 0.1) is 5.56 Å². The van der Waals surface area contributed by atoms with Crippen molar-refractivity contribution in [2.45, 2.75) is 19.3 Å². The molecule has 1 N–H and O–H groups in total. The minimum Gasteiger partial charge on any atom is -0.478 e. The lowest BCUT2D eigenvalue weighted by Gasteiger charge is -2.34. The molecule has 3 rings (SSSR count). The van der Waals surface area contributed by atoms with Crippen LogP contribution in [-0.2, 0) is 6.42 Å². The van der Waals surface area contributed by atoms with Gasteiger partial charge in [-0.25, -0.2) is 9.18 Å². The van der Waals surface area contributed by atoms with Crippen LogP contribution in [0.15, 0.2) is 48.5 Å². The van der Waals surface area contributed by atoms with Gasteiger partial charge < -0.3 is 10.0 Å². The second-order valence-electron chi connectivity index (χ2n) is 6.09. The highest BCUT2D eigenvalue weighted by Crippen LogP contribution is 2.27. The first-order valence-electron chi connectivity index (χ1n) is 7.95. The summed E-state index contributed by atoms with van der Waals surface area (Å²) in [7, 11) is 0. The highest BCUT2D eigenvalue weighted by atomic mass is 19.1. The standard InChI is InChI=1S/C19H20FNO2/c20-18-7-6-16(13-17(18)19(22)23)21-10-8-15(9-11-21)12-14-4-2-1-3-5-14/h1-7,13,15H,8-12H2,(H,22,23). The van der Waals surface area contributed by atoms with Crippen LogP contribution < -0.4 is 4.90 Å². The maximum absolute atomic E-state index is 13.5. The molecule has 1 heterocycles. The van der Waals surface area contributed by atoms with Crippen molar-refractivity contribution in [2.24, 2.45) is 5.92 Å². The Kier molecular flexibility index (Phi) is 4.60. The molecule has 2 aromatic rings. The van der Waals surface area contributed by atoms with Gasteiger partial charge >= 0.3 is 5.97 Å². The number of carbonyl (C=O) groups is 1. The van der Waals surface area contributed by atoms with E-state index in [1.54, 1.807) is 6.07 Å². The average molecular weight is 313 g/mol. The number of benzene rings is 2. The van der Waals surface area contributed by atoms with Crippen molar-refractivity contribution < 1.29 is 14.3 Å². The molecule has 4 heteroatoms. The lowest BCUT2D eigenvalue weighted by Crippen LogP contribution is -2.34. The number of nitrogens with zero attached hydrogens (tertiary/aromatic N) is 1. The summed E-state index contributed by atoms with van der Waals surface area (Å²) < 4.78 is 13.5. The Morgan fingerprint density at radius 2 is 1.83 bits per heavy atom. The van der Waals surface area contributed by atoms with Gasteiger partial charge in [0, 0.05) is 18.8 Å². The maximum Gasteiger partial charge on any atom is 0.338 e. The number of halogens is 1. The molecule has 0 amide bonds. The largest absolute Gasteiger partial charge is 0.478 e. The Morgan fingerprint density at radius 3 is 2.48 bits per heavy atom. The summed E-state index contributed by atoms with van der Waals surface area (Å²) in [6, 6.07) is 14.8. The predicted octanol–water partition coefficient (Wildman–Crippen LogP) is 3.98. The SMILES string of the molecule is O=C(O)c1cc(N2CCC(Cc3ccccc3)CC2)ccc1F. The van der Waals surface area contributed by atoms with Crippen LogP contribution >= 0.6 is 0 Å². The van der Waals surface area contributed by atoms with Gasteiger partial charge in [0.2, 0.25) is 0 Å². The molecule has 1 fully saturated rings. The van der Waals surface area contributed by atoms with Crippen LogP contribution in [-0.4, -0.2) is 24.2 Å². The van der Waals surface area contributed by atoms with Gasteiger partial charge in [-0.15, -0.1) is 0 Å². The van der Waals surface area contributed by atoms with Crippen molar-refractivity contribution in [2.75, 3.05) is 18.0 Å². The van der Waals surface area contributed by atoms with Gasteiger partial charge in [-0.3, -0.25) is 0 Å². The lowest BCUT2D eigenvalue weighted by molar-refractivity contribution is 0.0692. The van der Waals surface area contributed by atoms with Gasteiger partial charge in [-0.1, -0.05) is 30.3 Å². The van der Waals surface area contributed by atoms with Crippen LogP contribution in [0.3, 0.4) is 0 Å². The Hall–Kier alpha value is -2.36. The first kappa shape index (κ1) is 15.5.